The highest BCUT2D eigenvalue weighted by molar-refractivity contribution is 14.0. The van der Waals surface area contributed by atoms with Crippen LogP contribution >= 0.6 is 24.0 Å². The normalized spacial score (nSPS) is 15.3. The smallest absolute Gasteiger partial charge is 0.309 e. The fraction of sp³-hybridized carbons (Fsp3) is 0.737. The lowest BCUT2D eigenvalue weighted by Gasteiger charge is -2.33. The SMILES string of the molecule is CCOC(=O)C1CCN(C(=NC)NCc2c(C)nn(CCOC)c2C)CC1.I. The summed E-state index contributed by atoms with van der Waals surface area (Å²) in [6.45, 7) is 10.1. The molecule has 160 valence electrons. The molecule has 2 heterocycles. The number of halogens is 1. The van der Waals surface area contributed by atoms with Gasteiger partial charge in [0, 0.05) is 45.0 Å². The third-order valence-electron chi connectivity index (χ3n) is 5.09. The molecule has 1 N–H and O–H groups in total. The Morgan fingerprint density at radius 1 is 1.32 bits per heavy atom. The van der Waals surface area contributed by atoms with E-state index in [1.165, 1.54) is 5.56 Å². The van der Waals surface area contributed by atoms with E-state index in [9.17, 15) is 4.79 Å². The quantitative estimate of drug-likeness (QED) is 0.264. The molecule has 0 aliphatic carbocycles. The Morgan fingerprint density at radius 2 is 2.00 bits per heavy atom. The van der Waals surface area contributed by atoms with Crippen LogP contribution in [-0.2, 0) is 27.4 Å². The van der Waals surface area contributed by atoms with Crippen molar-refractivity contribution in [3.8, 4) is 0 Å². The van der Waals surface area contributed by atoms with Gasteiger partial charge in [-0.15, -0.1) is 24.0 Å². The van der Waals surface area contributed by atoms with Crippen LogP contribution in [0.25, 0.3) is 0 Å². The standard InChI is InChI=1S/C19H33N5O3.HI/c1-6-27-18(25)16-7-9-23(10-8-16)19(20-4)21-13-17-14(2)22-24(15(17)3)11-12-26-5;/h16H,6-13H2,1-5H3,(H,20,21);1H. The number of piperidine rings is 1. The molecule has 1 fully saturated rings. The van der Waals surface area contributed by atoms with Crippen LogP contribution in [0, 0.1) is 19.8 Å². The maximum absolute atomic E-state index is 11.9. The molecule has 0 unspecified atom stereocenters. The van der Waals surface area contributed by atoms with Crippen LogP contribution in [-0.4, -0.2) is 67.1 Å². The van der Waals surface area contributed by atoms with Crippen LogP contribution in [0.4, 0.5) is 0 Å². The van der Waals surface area contributed by atoms with E-state index in [0.717, 1.165) is 49.8 Å². The van der Waals surface area contributed by atoms with Crippen molar-refractivity contribution in [3.63, 3.8) is 0 Å². The fourth-order valence-corrected chi connectivity index (χ4v) is 3.47. The number of aromatic nitrogens is 2. The summed E-state index contributed by atoms with van der Waals surface area (Å²) in [6, 6.07) is 0. The minimum Gasteiger partial charge on any atom is -0.466 e. The van der Waals surface area contributed by atoms with E-state index in [-0.39, 0.29) is 35.9 Å². The van der Waals surface area contributed by atoms with Crippen molar-refractivity contribution in [2.45, 2.75) is 46.7 Å². The molecule has 1 aliphatic heterocycles. The number of ether oxygens (including phenoxy) is 2. The van der Waals surface area contributed by atoms with Gasteiger partial charge < -0.3 is 19.7 Å². The number of hydrogen-bond acceptors (Lipinski definition) is 5. The number of hydrogen-bond donors (Lipinski definition) is 1. The number of likely N-dealkylation sites (tertiary alicyclic amines) is 1. The zero-order valence-corrected chi connectivity index (χ0v) is 20.0. The molecule has 0 bridgehead atoms. The van der Waals surface area contributed by atoms with Crippen molar-refractivity contribution < 1.29 is 14.3 Å². The van der Waals surface area contributed by atoms with Crippen LogP contribution < -0.4 is 5.32 Å². The Morgan fingerprint density at radius 3 is 2.57 bits per heavy atom. The third kappa shape index (κ3) is 6.33. The molecule has 0 saturated carbocycles. The molecule has 1 aromatic rings. The van der Waals surface area contributed by atoms with Gasteiger partial charge in [-0.05, 0) is 33.6 Å². The number of guanidine groups is 1. The van der Waals surface area contributed by atoms with E-state index in [0.29, 0.717) is 19.8 Å². The fourth-order valence-electron chi connectivity index (χ4n) is 3.47. The second kappa shape index (κ2) is 12.3. The van der Waals surface area contributed by atoms with Crippen LogP contribution in [0.2, 0.25) is 0 Å². The van der Waals surface area contributed by atoms with Crippen molar-refractivity contribution in [2.24, 2.45) is 10.9 Å². The minimum atomic E-state index is -0.0742. The molecule has 1 saturated heterocycles. The average Bonchev–Trinajstić information content (AvgIpc) is 2.94. The molecule has 1 aliphatic rings. The minimum absolute atomic E-state index is 0. The molecule has 0 amide bonds. The van der Waals surface area contributed by atoms with E-state index in [4.69, 9.17) is 9.47 Å². The van der Waals surface area contributed by atoms with Gasteiger partial charge in [-0.3, -0.25) is 14.5 Å². The second-order valence-corrected chi connectivity index (χ2v) is 6.78. The van der Waals surface area contributed by atoms with E-state index < -0.39 is 0 Å². The number of carbonyl (C=O) groups excluding carboxylic acids is 1. The van der Waals surface area contributed by atoms with E-state index in [1.54, 1.807) is 14.2 Å². The monoisotopic (exact) mass is 507 g/mol. The van der Waals surface area contributed by atoms with Gasteiger partial charge in [0.25, 0.3) is 0 Å². The summed E-state index contributed by atoms with van der Waals surface area (Å²) in [5.41, 5.74) is 3.36. The first-order valence-corrected chi connectivity index (χ1v) is 9.65. The first-order chi connectivity index (χ1) is 13.0. The first kappa shape index (κ1) is 24.7. The van der Waals surface area contributed by atoms with Crippen LogP contribution in [0.15, 0.2) is 4.99 Å². The Kier molecular flexibility index (Phi) is 10.8. The highest BCUT2D eigenvalue weighted by atomic mass is 127. The Bertz CT molecular complexity index is 654. The van der Waals surface area contributed by atoms with E-state index in [1.807, 2.05) is 18.5 Å². The van der Waals surface area contributed by atoms with E-state index >= 15 is 0 Å². The Hall–Kier alpha value is -1.36. The number of carbonyl (C=O) groups is 1. The number of esters is 1. The molecule has 0 spiro atoms. The second-order valence-electron chi connectivity index (χ2n) is 6.78. The summed E-state index contributed by atoms with van der Waals surface area (Å²) in [5, 5.41) is 8.05. The number of nitrogens with one attached hydrogen (secondary N) is 1. The van der Waals surface area contributed by atoms with Gasteiger partial charge in [0.2, 0.25) is 0 Å². The number of aliphatic imine (C=N–C) groups is 1. The lowest BCUT2D eigenvalue weighted by atomic mass is 9.97. The largest absolute Gasteiger partial charge is 0.466 e. The average molecular weight is 507 g/mol. The third-order valence-corrected chi connectivity index (χ3v) is 5.09. The maximum atomic E-state index is 11.9. The van der Waals surface area contributed by atoms with Crippen molar-refractivity contribution in [1.82, 2.24) is 20.0 Å². The van der Waals surface area contributed by atoms with Gasteiger partial charge in [0.15, 0.2) is 5.96 Å². The Balaban J connectivity index is 0.00000392. The summed E-state index contributed by atoms with van der Waals surface area (Å²) in [4.78, 5) is 18.5. The molecule has 0 aromatic carbocycles. The van der Waals surface area contributed by atoms with Crippen molar-refractivity contribution >= 4 is 35.9 Å². The van der Waals surface area contributed by atoms with Gasteiger partial charge in [-0.2, -0.15) is 5.10 Å². The van der Waals surface area contributed by atoms with Gasteiger partial charge in [-0.25, -0.2) is 0 Å². The van der Waals surface area contributed by atoms with Crippen molar-refractivity contribution in [3.05, 3.63) is 17.0 Å². The van der Waals surface area contributed by atoms with Crippen molar-refractivity contribution in [2.75, 3.05) is 40.5 Å². The summed E-state index contributed by atoms with van der Waals surface area (Å²) < 4.78 is 12.3. The lowest BCUT2D eigenvalue weighted by molar-refractivity contribution is -0.149. The molecular weight excluding hydrogens is 473 g/mol. The summed E-state index contributed by atoms with van der Waals surface area (Å²) in [5.74, 6) is 0.790. The lowest BCUT2D eigenvalue weighted by Crippen LogP contribution is -2.46. The molecule has 0 atom stereocenters. The molecule has 9 heteroatoms. The van der Waals surface area contributed by atoms with Crippen LogP contribution in [0.1, 0.15) is 36.7 Å². The zero-order chi connectivity index (χ0) is 19.8. The first-order valence-electron chi connectivity index (χ1n) is 9.65. The summed E-state index contributed by atoms with van der Waals surface area (Å²) in [7, 11) is 3.49. The number of methoxy groups -OCH3 is 1. The van der Waals surface area contributed by atoms with Gasteiger partial charge >= 0.3 is 5.97 Å². The van der Waals surface area contributed by atoms with Gasteiger partial charge in [0.05, 0.1) is 31.4 Å². The predicted molar refractivity (Wildman–Crippen MR) is 120 cm³/mol. The molecule has 8 nitrogen and oxygen atoms in total. The maximum Gasteiger partial charge on any atom is 0.309 e. The highest BCUT2D eigenvalue weighted by Crippen LogP contribution is 2.19. The predicted octanol–water partition coefficient (Wildman–Crippen LogP) is 2.11. The van der Waals surface area contributed by atoms with E-state index in [2.05, 4.69) is 27.2 Å². The molecule has 28 heavy (non-hydrogen) atoms. The van der Waals surface area contributed by atoms with Crippen LogP contribution in [0.5, 0.6) is 0 Å². The molecular formula is C19H34IN5O3. The molecule has 2 rings (SSSR count). The number of rotatable bonds is 7. The highest BCUT2D eigenvalue weighted by Gasteiger charge is 2.27. The van der Waals surface area contributed by atoms with Crippen LogP contribution in [0.3, 0.4) is 0 Å². The van der Waals surface area contributed by atoms with Crippen molar-refractivity contribution in [1.29, 1.82) is 0 Å². The topological polar surface area (TPSA) is 81.0 Å². The van der Waals surface area contributed by atoms with Gasteiger partial charge in [-0.1, -0.05) is 0 Å². The Labute approximate surface area is 185 Å². The molecule has 1 aromatic heterocycles. The number of aryl methyl sites for hydroxylation is 1. The number of nitrogens with zero attached hydrogens (tertiary/aromatic N) is 4. The van der Waals surface area contributed by atoms with Gasteiger partial charge in [0.1, 0.15) is 0 Å². The summed E-state index contributed by atoms with van der Waals surface area (Å²) in [6.07, 6.45) is 1.60. The zero-order valence-electron chi connectivity index (χ0n) is 17.7. The molecule has 0 radical (unpaired) electrons. The summed E-state index contributed by atoms with van der Waals surface area (Å²) >= 11 is 0.